The van der Waals surface area contributed by atoms with Crippen LogP contribution < -0.4 is 0 Å². The number of para-hydroxylation sites is 1. The number of ether oxygens (including phenoxy) is 1. The Kier molecular flexibility index (Phi) is 5.82. The molecule has 1 N–H and O–H groups in total. The minimum absolute atomic E-state index is 0.237. The van der Waals surface area contributed by atoms with Crippen LogP contribution in [0, 0.1) is 13.8 Å². The zero-order valence-electron chi connectivity index (χ0n) is 18.1. The number of aromatic hydroxyl groups is 1. The van der Waals surface area contributed by atoms with Gasteiger partial charge in [0.2, 0.25) is 0 Å². The van der Waals surface area contributed by atoms with Gasteiger partial charge in [0, 0.05) is 28.9 Å². The number of hydrogen-bond donors (Lipinski definition) is 1. The van der Waals surface area contributed by atoms with Crippen molar-refractivity contribution in [2.45, 2.75) is 46.6 Å². The number of esters is 1. The number of carbonyl (C=O) groups excluding carboxylic acids is 1. The van der Waals surface area contributed by atoms with Crippen molar-refractivity contribution >= 4 is 16.9 Å². The van der Waals surface area contributed by atoms with Crippen LogP contribution in [0.25, 0.3) is 16.6 Å². The van der Waals surface area contributed by atoms with Crippen molar-refractivity contribution in [1.82, 2.24) is 9.47 Å². The fourth-order valence-electron chi connectivity index (χ4n) is 4.64. The fraction of sp³-hybridized carbons (Fsp3) is 0.400. The Morgan fingerprint density at radius 2 is 1.80 bits per heavy atom. The molecule has 5 nitrogen and oxygen atoms in total. The highest BCUT2D eigenvalue weighted by atomic mass is 16.5. The van der Waals surface area contributed by atoms with E-state index in [1.54, 1.807) is 6.07 Å². The van der Waals surface area contributed by atoms with E-state index in [0.29, 0.717) is 18.7 Å². The Morgan fingerprint density at radius 1 is 1.07 bits per heavy atom. The lowest BCUT2D eigenvalue weighted by atomic mass is 10.0. The third kappa shape index (κ3) is 3.58. The Labute approximate surface area is 177 Å². The Bertz CT molecular complexity index is 1080. The van der Waals surface area contributed by atoms with E-state index >= 15 is 0 Å². The minimum atomic E-state index is -0.335. The molecule has 2 heterocycles. The van der Waals surface area contributed by atoms with E-state index in [-0.39, 0.29) is 11.7 Å². The molecule has 0 spiro atoms. The van der Waals surface area contributed by atoms with Crippen molar-refractivity contribution < 1.29 is 14.6 Å². The second kappa shape index (κ2) is 8.52. The van der Waals surface area contributed by atoms with E-state index in [4.69, 9.17) is 4.74 Å². The second-order valence-corrected chi connectivity index (χ2v) is 8.10. The van der Waals surface area contributed by atoms with Crippen LogP contribution >= 0.6 is 0 Å². The molecule has 0 saturated carbocycles. The number of likely N-dealkylation sites (tertiary alicyclic amines) is 1. The molecule has 1 fully saturated rings. The quantitative estimate of drug-likeness (QED) is 0.598. The van der Waals surface area contributed by atoms with Crippen molar-refractivity contribution in [2.24, 2.45) is 0 Å². The van der Waals surface area contributed by atoms with Gasteiger partial charge in [-0.05, 0) is 70.5 Å². The van der Waals surface area contributed by atoms with Gasteiger partial charge in [-0.2, -0.15) is 0 Å². The maximum absolute atomic E-state index is 13.0. The fourth-order valence-corrected chi connectivity index (χ4v) is 4.64. The summed E-state index contributed by atoms with van der Waals surface area (Å²) in [5.41, 5.74) is 5.28. The van der Waals surface area contributed by atoms with Crippen LogP contribution in [0.3, 0.4) is 0 Å². The lowest BCUT2D eigenvalue weighted by Crippen LogP contribution is -2.29. The number of phenols is 1. The molecule has 0 bridgehead atoms. The Balaban J connectivity index is 1.98. The van der Waals surface area contributed by atoms with Crippen molar-refractivity contribution in [1.29, 1.82) is 0 Å². The molecule has 158 valence electrons. The summed E-state index contributed by atoms with van der Waals surface area (Å²) in [4.78, 5) is 15.4. The average molecular weight is 407 g/mol. The van der Waals surface area contributed by atoms with Gasteiger partial charge in [0.15, 0.2) is 0 Å². The molecule has 0 amide bonds. The molecular formula is C25H30N2O3. The largest absolute Gasteiger partial charge is 0.508 e. The first-order chi connectivity index (χ1) is 14.5. The highest BCUT2D eigenvalue weighted by molar-refractivity contribution is 6.08. The highest BCUT2D eigenvalue weighted by Gasteiger charge is 2.27. The molecule has 5 heteroatoms. The molecule has 1 aliphatic rings. The molecule has 4 rings (SSSR count). The standard InChI is InChI=1S/C25H30N2O3/c1-4-30-25(29)23-18(3)27(20-11-7-6-10-17(20)2)21-12-13-22(28)19(24(21)23)16-26-14-8-5-9-15-26/h6-7,10-13,28H,4-5,8-9,14-16H2,1-3H3. The number of piperidine rings is 1. The number of rotatable bonds is 5. The number of hydrogen-bond acceptors (Lipinski definition) is 4. The van der Waals surface area contributed by atoms with Crippen LogP contribution in [0.1, 0.15) is 53.4 Å². The molecule has 30 heavy (non-hydrogen) atoms. The smallest absolute Gasteiger partial charge is 0.340 e. The molecule has 3 aromatic rings. The summed E-state index contributed by atoms with van der Waals surface area (Å²) in [7, 11) is 0. The number of aryl methyl sites for hydroxylation is 1. The first kappa shape index (κ1) is 20.5. The van der Waals surface area contributed by atoms with Crippen LogP contribution in [0.4, 0.5) is 0 Å². The lowest BCUT2D eigenvalue weighted by Gasteiger charge is -2.27. The molecule has 2 aromatic carbocycles. The van der Waals surface area contributed by atoms with Gasteiger partial charge in [-0.1, -0.05) is 24.6 Å². The Morgan fingerprint density at radius 3 is 2.50 bits per heavy atom. The third-order valence-electron chi connectivity index (χ3n) is 6.12. The monoisotopic (exact) mass is 406 g/mol. The van der Waals surface area contributed by atoms with Crippen molar-refractivity contribution in [3.8, 4) is 11.4 Å². The molecule has 1 saturated heterocycles. The number of benzene rings is 2. The normalized spacial score (nSPS) is 14.9. The number of carbonyl (C=O) groups is 1. The highest BCUT2D eigenvalue weighted by Crippen LogP contribution is 2.37. The van der Waals surface area contributed by atoms with E-state index in [1.165, 1.54) is 19.3 Å². The summed E-state index contributed by atoms with van der Waals surface area (Å²) in [6.07, 6.45) is 3.60. The SMILES string of the molecule is CCOC(=O)c1c(C)n(-c2ccccc2C)c2ccc(O)c(CN3CCCCC3)c12. The molecule has 0 atom stereocenters. The topological polar surface area (TPSA) is 54.7 Å². The molecule has 0 aliphatic carbocycles. The van der Waals surface area contributed by atoms with Crippen LogP contribution in [0.5, 0.6) is 5.75 Å². The minimum Gasteiger partial charge on any atom is -0.508 e. The summed E-state index contributed by atoms with van der Waals surface area (Å²) in [6, 6.07) is 11.8. The van der Waals surface area contributed by atoms with Gasteiger partial charge in [0.05, 0.1) is 17.7 Å². The van der Waals surface area contributed by atoms with Gasteiger partial charge in [-0.25, -0.2) is 4.79 Å². The zero-order chi connectivity index (χ0) is 21.3. The van der Waals surface area contributed by atoms with Crippen LogP contribution in [-0.2, 0) is 11.3 Å². The maximum atomic E-state index is 13.0. The van der Waals surface area contributed by atoms with Crippen LogP contribution in [0.2, 0.25) is 0 Å². The number of phenolic OH excluding ortho intramolecular Hbond substituents is 1. The van der Waals surface area contributed by atoms with Gasteiger partial charge in [-0.15, -0.1) is 0 Å². The van der Waals surface area contributed by atoms with Crippen molar-refractivity contribution in [3.63, 3.8) is 0 Å². The van der Waals surface area contributed by atoms with E-state index in [9.17, 15) is 9.90 Å². The summed E-state index contributed by atoms with van der Waals surface area (Å²) in [6.45, 7) is 8.83. The van der Waals surface area contributed by atoms with Gasteiger partial charge in [-0.3, -0.25) is 4.90 Å². The lowest BCUT2D eigenvalue weighted by molar-refractivity contribution is 0.0527. The number of aromatic nitrogens is 1. The summed E-state index contributed by atoms with van der Waals surface area (Å²) < 4.78 is 7.55. The zero-order valence-corrected chi connectivity index (χ0v) is 18.1. The molecule has 1 aromatic heterocycles. The van der Waals surface area contributed by atoms with Crippen molar-refractivity contribution in [3.05, 3.63) is 58.8 Å². The molecule has 1 aliphatic heterocycles. The summed E-state index contributed by atoms with van der Waals surface area (Å²) in [5, 5.41) is 11.6. The maximum Gasteiger partial charge on any atom is 0.340 e. The van der Waals surface area contributed by atoms with Gasteiger partial charge in [0.1, 0.15) is 5.75 Å². The predicted octanol–water partition coefficient (Wildman–Crippen LogP) is 5.12. The van der Waals surface area contributed by atoms with E-state index in [0.717, 1.165) is 46.5 Å². The second-order valence-electron chi connectivity index (χ2n) is 8.10. The summed E-state index contributed by atoms with van der Waals surface area (Å²) >= 11 is 0. The number of fused-ring (bicyclic) bond motifs is 1. The third-order valence-corrected chi connectivity index (χ3v) is 6.12. The molecule has 0 unspecified atom stereocenters. The van der Waals surface area contributed by atoms with Crippen LogP contribution in [0.15, 0.2) is 36.4 Å². The van der Waals surface area contributed by atoms with E-state index in [1.807, 2.05) is 32.0 Å². The van der Waals surface area contributed by atoms with Gasteiger partial charge < -0.3 is 14.4 Å². The van der Waals surface area contributed by atoms with Crippen LogP contribution in [-0.4, -0.2) is 40.2 Å². The van der Waals surface area contributed by atoms with Crippen molar-refractivity contribution in [2.75, 3.05) is 19.7 Å². The van der Waals surface area contributed by atoms with E-state index < -0.39 is 0 Å². The summed E-state index contributed by atoms with van der Waals surface area (Å²) in [5.74, 6) is -0.0987. The number of nitrogens with zero attached hydrogens (tertiary/aromatic N) is 2. The molecular weight excluding hydrogens is 376 g/mol. The van der Waals surface area contributed by atoms with Gasteiger partial charge in [0.25, 0.3) is 0 Å². The van der Waals surface area contributed by atoms with Gasteiger partial charge >= 0.3 is 5.97 Å². The Hall–Kier alpha value is -2.79. The average Bonchev–Trinajstić information content (AvgIpc) is 3.03. The first-order valence-corrected chi connectivity index (χ1v) is 10.8. The first-order valence-electron chi connectivity index (χ1n) is 10.8. The predicted molar refractivity (Wildman–Crippen MR) is 119 cm³/mol. The molecule has 0 radical (unpaired) electrons. The van der Waals surface area contributed by atoms with E-state index in [2.05, 4.69) is 28.5 Å².